The number of nitrogens with zero attached hydrogens (tertiary/aromatic N) is 2. The summed E-state index contributed by atoms with van der Waals surface area (Å²) < 4.78 is 10.7. The smallest absolute Gasteiger partial charge is 0.222 e. The first-order valence-corrected chi connectivity index (χ1v) is 10.4. The van der Waals surface area contributed by atoms with Crippen LogP contribution in [0.15, 0.2) is 42.5 Å². The zero-order valence-corrected chi connectivity index (χ0v) is 17.8. The molecule has 0 N–H and O–H groups in total. The molecule has 0 saturated carbocycles. The lowest BCUT2D eigenvalue weighted by molar-refractivity contribution is -0.130. The van der Waals surface area contributed by atoms with Gasteiger partial charge in [-0.2, -0.15) is 0 Å². The maximum absolute atomic E-state index is 12.6. The van der Waals surface area contributed by atoms with Crippen LogP contribution in [0.2, 0.25) is 0 Å². The molecule has 1 saturated heterocycles. The van der Waals surface area contributed by atoms with Crippen LogP contribution in [-0.2, 0) is 17.8 Å². The Hall–Kier alpha value is -2.69. The van der Waals surface area contributed by atoms with E-state index in [-0.39, 0.29) is 5.91 Å². The van der Waals surface area contributed by atoms with Crippen molar-refractivity contribution in [1.82, 2.24) is 4.90 Å². The number of piperidine rings is 1. The summed E-state index contributed by atoms with van der Waals surface area (Å²) >= 11 is 0. The molecule has 0 bridgehead atoms. The van der Waals surface area contributed by atoms with Gasteiger partial charge in [0.2, 0.25) is 5.91 Å². The van der Waals surface area contributed by atoms with E-state index in [0.717, 1.165) is 35.7 Å². The minimum absolute atomic E-state index is 0.120. The molecule has 0 aromatic heterocycles. The monoisotopic (exact) mass is 396 g/mol. The Morgan fingerprint density at radius 1 is 1.00 bits per heavy atom. The van der Waals surface area contributed by atoms with Gasteiger partial charge >= 0.3 is 0 Å². The number of ether oxygens (including phenoxy) is 2. The number of aryl methyl sites for hydroxylation is 1. The Morgan fingerprint density at radius 2 is 1.72 bits per heavy atom. The summed E-state index contributed by atoms with van der Waals surface area (Å²) in [6.45, 7) is 2.91. The molecule has 0 atom stereocenters. The number of hydrogen-bond donors (Lipinski definition) is 0. The highest BCUT2D eigenvalue weighted by molar-refractivity contribution is 5.76. The van der Waals surface area contributed by atoms with Crippen LogP contribution in [-0.4, -0.2) is 45.2 Å². The van der Waals surface area contributed by atoms with Gasteiger partial charge in [0.05, 0.1) is 14.2 Å². The van der Waals surface area contributed by atoms with Crippen molar-refractivity contribution in [2.24, 2.45) is 0 Å². The van der Waals surface area contributed by atoms with Gasteiger partial charge in [0.15, 0.2) is 0 Å². The third kappa shape index (κ3) is 5.66. The molecular weight excluding hydrogens is 364 g/mol. The van der Waals surface area contributed by atoms with E-state index in [2.05, 4.69) is 29.2 Å². The van der Waals surface area contributed by atoms with Gasteiger partial charge in [0.1, 0.15) is 11.5 Å². The molecule has 156 valence electrons. The van der Waals surface area contributed by atoms with Gasteiger partial charge in [-0.05, 0) is 67.1 Å². The van der Waals surface area contributed by atoms with Crippen LogP contribution in [0.25, 0.3) is 0 Å². The van der Waals surface area contributed by atoms with Crippen LogP contribution < -0.4 is 14.4 Å². The average Bonchev–Trinajstić information content (AvgIpc) is 2.78. The van der Waals surface area contributed by atoms with E-state index in [1.54, 1.807) is 19.1 Å². The topological polar surface area (TPSA) is 42.0 Å². The van der Waals surface area contributed by atoms with Gasteiger partial charge in [0.25, 0.3) is 0 Å². The second kappa shape index (κ2) is 10.2. The molecule has 1 aliphatic heterocycles. The molecule has 1 aliphatic rings. The zero-order valence-electron chi connectivity index (χ0n) is 17.8. The summed E-state index contributed by atoms with van der Waals surface area (Å²) in [6.07, 6.45) is 4.95. The molecule has 0 aliphatic carbocycles. The molecular formula is C24H32N2O3. The van der Waals surface area contributed by atoms with E-state index in [9.17, 15) is 4.79 Å². The number of rotatable bonds is 8. The summed E-state index contributed by atoms with van der Waals surface area (Å²) in [4.78, 5) is 16.9. The Balaban J connectivity index is 1.54. The third-order valence-corrected chi connectivity index (χ3v) is 5.60. The first kappa shape index (κ1) is 21.0. The van der Waals surface area contributed by atoms with Gasteiger partial charge < -0.3 is 19.3 Å². The second-order valence-electron chi connectivity index (χ2n) is 7.64. The lowest BCUT2D eigenvalue weighted by atomic mass is 10.1. The SMILES string of the molecule is COc1ccc(OC)c(CCC(=O)N(C)Cc2ccc(N3CCCCC3)cc2)c1. The fourth-order valence-electron chi connectivity index (χ4n) is 3.84. The van der Waals surface area contributed by atoms with E-state index in [4.69, 9.17) is 9.47 Å². The number of anilines is 1. The van der Waals surface area contributed by atoms with E-state index in [0.29, 0.717) is 19.4 Å². The number of carbonyl (C=O) groups is 1. The van der Waals surface area contributed by atoms with Crippen molar-refractivity contribution in [3.8, 4) is 11.5 Å². The van der Waals surface area contributed by atoms with Crippen LogP contribution in [0.4, 0.5) is 5.69 Å². The highest BCUT2D eigenvalue weighted by atomic mass is 16.5. The molecule has 1 heterocycles. The molecule has 1 fully saturated rings. The fraction of sp³-hybridized carbons (Fsp3) is 0.458. The normalized spacial score (nSPS) is 13.8. The number of hydrogen-bond acceptors (Lipinski definition) is 4. The Kier molecular flexibility index (Phi) is 7.39. The van der Waals surface area contributed by atoms with Crippen molar-refractivity contribution in [2.45, 2.75) is 38.6 Å². The predicted octanol–water partition coefficient (Wildman–Crippen LogP) is 4.29. The molecule has 1 amide bonds. The molecule has 2 aromatic rings. The first-order valence-electron chi connectivity index (χ1n) is 10.4. The summed E-state index contributed by atoms with van der Waals surface area (Å²) in [5.41, 5.74) is 3.42. The van der Waals surface area contributed by atoms with Crippen LogP contribution in [0.5, 0.6) is 11.5 Å². The fourth-order valence-corrected chi connectivity index (χ4v) is 3.84. The van der Waals surface area contributed by atoms with Gasteiger partial charge in [0, 0.05) is 38.8 Å². The quantitative estimate of drug-likeness (QED) is 0.668. The molecule has 5 heteroatoms. The summed E-state index contributed by atoms with van der Waals surface area (Å²) in [5, 5.41) is 0. The molecule has 0 unspecified atom stereocenters. The van der Waals surface area contributed by atoms with Crippen LogP contribution >= 0.6 is 0 Å². The summed E-state index contributed by atoms with van der Waals surface area (Å²) in [7, 11) is 5.15. The number of benzene rings is 2. The minimum Gasteiger partial charge on any atom is -0.497 e. The van der Waals surface area contributed by atoms with E-state index in [1.165, 1.54) is 24.9 Å². The van der Waals surface area contributed by atoms with Crippen molar-refractivity contribution < 1.29 is 14.3 Å². The van der Waals surface area contributed by atoms with Crippen molar-refractivity contribution in [3.05, 3.63) is 53.6 Å². The molecule has 2 aromatic carbocycles. The standard InChI is InChI=1S/C24H32N2O3/c1-25(18-19-7-10-21(11-8-19)26-15-5-4-6-16-26)24(27)14-9-20-17-22(28-2)12-13-23(20)29-3/h7-8,10-13,17H,4-6,9,14-16,18H2,1-3H3. The molecule has 29 heavy (non-hydrogen) atoms. The molecule has 3 rings (SSSR count). The summed E-state index contributed by atoms with van der Waals surface area (Å²) in [6, 6.07) is 14.3. The number of amides is 1. The maximum atomic E-state index is 12.6. The minimum atomic E-state index is 0.120. The Bertz CT molecular complexity index is 798. The van der Waals surface area contributed by atoms with Crippen LogP contribution in [0.1, 0.15) is 36.8 Å². The van der Waals surface area contributed by atoms with Crippen molar-refractivity contribution in [3.63, 3.8) is 0 Å². The van der Waals surface area contributed by atoms with Crippen molar-refractivity contribution in [1.29, 1.82) is 0 Å². The Morgan fingerprint density at radius 3 is 2.38 bits per heavy atom. The Labute approximate surface area is 174 Å². The second-order valence-corrected chi connectivity index (χ2v) is 7.64. The lowest BCUT2D eigenvalue weighted by Crippen LogP contribution is -2.29. The third-order valence-electron chi connectivity index (χ3n) is 5.60. The largest absolute Gasteiger partial charge is 0.497 e. The first-order chi connectivity index (χ1) is 14.1. The predicted molar refractivity (Wildman–Crippen MR) is 117 cm³/mol. The zero-order chi connectivity index (χ0) is 20.6. The van der Waals surface area contributed by atoms with Gasteiger partial charge in [-0.15, -0.1) is 0 Å². The maximum Gasteiger partial charge on any atom is 0.222 e. The van der Waals surface area contributed by atoms with Gasteiger partial charge in [-0.3, -0.25) is 4.79 Å². The number of carbonyl (C=O) groups excluding carboxylic acids is 1. The average molecular weight is 397 g/mol. The highest BCUT2D eigenvalue weighted by Gasteiger charge is 2.14. The molecule has 0 spiro atoms. The van der Waals surface area contributed by atoms with E-state index < -0.39 is 0 Å². The lowest BCUT2D eigenvalue weighted by Gasteiger charge is -2.29. The van der Waals surface area contributed by atoms with Gasteiger partial charge in [-0.1, -0.05) is 12.1 Å². The van der Waals surface area contributed by atoms with Crippen molar-refractivity contribution >= 4 is 11.6 Å². The van der Waals surface area contributed by atoms with E-state index in [1.807, 2.05) is 25.2 Å². The molecule has 0 radical (unpaired) electrons. The number of methoxy groups -OCH3 is 2. The van der Waals surface area contributed by atoms with Crippen LogP contribution in [0, 0.1) is 0 Å². The van der Waals surface area contributed by atoms with Crippen molar-refractivity contribution in [2.75, 3.05) is 39.3 Å². The molecule has 5 nitrogen and oxygen atoms in total. The van der Waals surface area contributed by atoms with Crippen LogP contribution in [0.3, 0.4) is 0 Å². The van der Waals surface area contributed by atoms with Gasteiger partial charge in [-0.25, -0.2) is 0 Å². The highest BCUT2D eigenvalue weighted by Crippen LogP contribution is 2.25. The summed E-state index contributed by atoms with van der Waals surface area (Å²) in [5.74, 6) is 1.68. The van der Waals surface area contributed by atoms with E-state index >= 15 is 0 Å².